The van der Waals surface area contributed by atoms with Crippen molar-refractivity contribution < 1.29 is 5.11 Å². The van der Waals surface area contributed by atoms with E-state index < -0.39 is 0 Å². The summed E-state index contributed by atoms with van der Waals surface area (Å²) < 4.78 is 1.86. The second-order valence-electron chi connectivity index (χ2n) is 7.47. The van der Waals surface area contributed by atoms with E-state index in [0.29, 0.717) is 0 Å². The molecule has 1 aromatic heterocycles. The standard InChI is InChI=1S/C22H39NO2/c1-3-4-5-6-7-8-9-10-11-12-13-14-15-16-17-20-18-21(24)22(25)19-23(20)2/h18-19,25H,3-17H2,1-2H3. The first kappa shape index (κ1) is 21.8. The Morgan fingerprint density at radius 2 is 1.24 bits per heavy atom. The molecule has 0 radical (unpaired) electrons. The molecule has 0 amide bonds. The predicted octanol–water partition coefficient (Wildman–Crippen LogP) is 6.11. The van der Waals surface area contributed by atoms with E-state index in [2.05, 4.69) is 6.92 Å². The van der Waals surface area contributed by atoms with Crippen LogP contribution in [0.3, 0.4) is 0 Å². The van der Waals surface area contributed by atoms with Gasteiger partial charge in [-0.2, -0.15) is 0 Å². The molecular weight excluding hydrogens is 310 g/mol. The summed E-state index contributed by atoms with van der Waals surface area (Å²) in [6.07, 6.45) is 21.5. The third-order valence-corrected chi connectivity index (χ3v) is 5.11. The molecule has 0 aliphatic heterocycles. The fraction of sp³-hybridized carbons (Fsp3) is 0.773. The van der Waals surface area contributed by atoms with E-state index in [1.807, 2.05) is 11.6 Å². The average Bonchev–Trinajstić information content (AvgIpc) is 2.59. The molecule has 0 aliphatic rings. The predicted molar refractivity (Wildman–Crippen MR) is 107 cm³/mol. The molecule has 0 aliphatic carbocycles. The van der Waals surface area contributed by atoms with Crippen LogP contribution < -0.4 is 5.43 Å². The van der Waals surface area contributed by atoms with Crippen LogP contribution in [0.25, 0.3) is 0 Å². The number of hydrogen-bond donors (Lipinski definition) is 1. The third-order valence-electron chi connectivity index (χ3n) is 5.11. The zero-order valence-corrected chi connectivity index (χ0v) is 16.6. The zero-order valence-electron chi connectivity index (χ0n) is 16.6. The minimum Gasteiger partial charge on any atom is -0.503 e. The van der Waals surface area contributed by atoms with E-state index in [0.717, 1.165) is 18.5 Å². The number of rotatable bonds is 15. The number of nitrogens with zero attached hydrogens (tertiary/aromatic N) is 1. The molecule has 0 aromatic carbocycles. The second-order valence-corrected chi connectivity index (χ2v) is 7.47. The Labute approximate surface area is 154 Å². The highest BCUT2D eigenvalue weighted by Crippen LogP contribution is 2.14. The molecule has 1 N–H and O–H groups in total. The summed E-state index contributed by atoms with van der Waals surface area (Å²) in [7, 11) is 1.89. The lowest BCUT2D eigenvalue weighted by atomic mass is 10.0. The number of aromatic nitrogens is 1. The molecule has 3 heteroatoms. The zero-order chi connectivity index (χ0) is 18.3. The number of aryl methyl sites for hydroxylation is 2. The minimum absolute atomic E-state index is 0.160. The van der Waals surface area contributed by atoms with Gasteiger partial charge in [-0.25, -0.2) is 0 Å². The summed E-state index contributed by atoms with van der Waals surface area (Å²) in [5, 5.41) is 9.39. The van der Waals surface area contributed by atoms with Gasteiger partial charge in [-0.15, -0.1) is 0 Å². The van der Waals surface area contributed by atoms with Crippen molar-refractivity contribution in [2.75, 3.05) is 0 Å². The number of aromatic hydroxyl groups is 1. The van der Waals surface area contributed by atoms with Crippen LogP contribution in [0.2, 0.25) is 0 Å². The molecule has 1 rings (SSSR count). The Balaban J connectivity index is 1.91. The van der Waals surface area contributed by atoms with Gasteiger partial charge in [-0.3, -0.25) is 4.79 Å². The Kier molecular flexibility index (Phi) is 12.2. The molecule has 0 saturated heterocycles. The maximum atomic E-state index is 11.5. The summed E-state index contributed by atoms with van der Waals surface area (Å²) in [5.41, 5.74) is 0.750. The van der Waals surface area contributed by atoms with Gasteiger partial charge in [0.2, 0.25) is 5.43 Å². The largest absolute Gasteiger partial charge is 0.503 e. The van der Waals surface area contributed by atoms with E-state index in [1.54, 1.807) is 6.07 Å². The van der Waals surface area contributed by atoms with Crippen LogP contribution in [0, 0.1) is 0 Å². The van der Waals surface area contributed by atoms with E-state index >= 15 is 0 Å². The van der Waals surface area contributed by atoms with Crippen LogP contribution in [0.4, 0.5) is 0 Å². The molecule has 25 heavy (non-hydrogen) atoms. The Bertz CT molecular complexity index is 507. The van der Waals surface area contributed by atoms with Crippen LogP contribution >= 0.6 is 0 Å². The van der Waals surface area contributed by atoms with Crippen LogP contribution in [-0.4, -0.2) is 9.67 Å². The van der Waals surface area contributed by atoms with Crippen molar-refractivity contribution in [3.8, 4) is 5.75 Å². The van der Waals surface area contributed by atoms with Gasteiger partial charge in [0.05, 0.1) is 0 Å². The van der Waals surface area contributed by atoms with Gasteiger partial charge in [0, 0.05) is 25.0 Å². The van der Waals surface area contributed by atoms with Gasteiger partial charge in [0.1, 0.15) is 0 Å². The average molecular weight is 350 g/mol. The van der Waals surface area contributed by atoms with E-state index in [1.165, 1.54) is 89.7 Å². The molecule has 0 atom stereocenters. The molecule has 0 spiro atoms. The topological polar surface area (TPSA) is 42.2 Å². The summed E-state index contributed by atoms with van der Waals surface area (Å²) >= 11 is 0. The van der Waals surface area contributed by atoms with Crippen LogP contribution in [0.1, 0.15) is 103 Å². The summed E-state index contributed by atoms with van der Waals surface area (Å²) in [4.78, 5) is 11.5. The lowest BCUT2D eigenvalue weighted by Crippen LogP contribution is -2.09. The van der Waals surface area contributed by atoms with Crippen molar-refractivity contribution in [1.29, 1.82) is 0 Å². The van der Waals surface area contributed by atoms with E-state index in [-0.39, 0.29) is 11.2 Å². The smallest absolute Gasteiger partial charge is 0.223 e. The van der Waals surface area contributed by atoms with Crippen LogP contribution in [0.5, 0.6) is 5.75 Å². The highest BCUT2D eigenvalue weighted by Gasteiger charge is 2.03. The third kappa shape index (κ3) is 10.4. The van der Waals surface area contributed by atoms with Crippen molar-refractivity contribution in [3.63, 3.8) is 0 Å². The van der Waals surface area contributed by atoms with Crippen molar-refractivity contribution in [1.82, 2.24) is 4.57 Å². The molecular formula is C22H39NO2. The number of hydrogen-bond acceptors (Lipinski definition) is 2. The van der Waals surface area contributed by atoms with Crippen molar-refractivity contribution in [3.05, 3.63) is 28.2 Å². The number of unbranched alkanes of at least 4 members (excludes halogenated alkanes) is 13. The van der Waals surface area contributed by atoms with Gasteiger partial charge in [-0.05, 0) is 12.8 Å². The van der Waals surface area contributed by atoms with Crippen LogP contribution in [-0.2, 0) is 13.5 Å². The first-order valence-corrected chi connectivity index (χ1v) is 10.5. The maximum Gasteiger partial charge on any atom is 0.223 e. The monoisotopic (exact) mass is 349 g/mol. The SMILES string of the molecule is CCCCCCCCCCCCCCCCc1cc(=O)c(O)cn1C. The quantitative estimate of drug-likeness (QED) is 0.388. The lowest BCUT2D eigenvalue weighted by molar-refractivity contribution is 0.461. The number of pyridine rings is 1. The molecule has 144 valence electrons. The van der Waals surface area contributed by atoms with E-state index in [9.17, 15) is 9.90 Å². The normalized spacial score (nSPS) is 11.1. The molecule has 3 nitrogen and oxygen atoms in total. The highest BCUT2D eigenvalue weighted by molar-refractivity contribution is 5.20. The summed E-state index contributed by atoms with van der Waals surface area (Å²) in [6.45, 7) is 2.27. The van der Waals surface area contributed by atoms with Gasteiger partial charge in [0.25, 0.3) is 0 Å². The first-order valence-electron chi connectivity index (χ1n) is 10.5. The lowest BCUT2D eigenvalue weighted by Gasteiger charge is -2.08. The Morgan fingerprint density at radius 3 is 1.72 bits per heavy atom. The fourth-order valence-electron chi connectivity index (χ4n) is 3.41. The van der Waals surface area contributed by atoms with Crippen molar-refractivity contribution in [2.45, 2.75) is 103 Å². The molecule has 0 saturated carbocycles. The van der Waals surface area contributed by atoms with Gasteiger partial charge < -0.3 is 9.67 Å². The van der Waals surface area contributed by atoms with Crippen molar-refractivity contribution >= 4 is 0 Å². The molecule has 1 heterocycles. The Morgan fingerprint density at radius 1 is 0.800 bits per heavy atom. The molecule has 0 fully saturated rings. The summed E-state index contributed by atoms with van der Waals surface area (Å²) in [6, 6.07) is 1.57. The van der Waals surface area contributed by atoms with Gasteiger partial charge in [-0.1, -0.05) is 90.4 Å². The summed E-state index contributed by atoms with van der Waals surface area (Å²) in [5.74, 6) is -0.160. The molecule has 0 bridgehead atoms. The van der Waals surface area contributed by atoms with Crippen LogP contribution in [0.15, 0.2) is 17.1 Å². The minimum atomic E-state index is -0.265. The van der Waals surface area contributed by atoms with Gasteiger partial charge in [0.15, 0.2) is 5.75 Å². The molecule has 1 aromatic rings. The van der Waals surface area contributed by atoms with Gasteiger partial charge >= 0.3 is 0 Å². The Hall–Kier alpha value is -1.25. The van der Waals surface area contributed by atoms with Crippen molar-refractivity contribution in [2.24, 2.45) is 7.05 Å². The highest BCUT2D eigenvalue weighted by atomic mass is 16.3. The second kappa shape index (κ2) is 14.0. The molecule has 0 unspecified atom stereocenters. The fourth-order valence-corrected chi connectivity index (χ4v) is 3.41. The van der Waals surface area contributed by atoms with E-state index in [4.69, 9.17) is 0 Å². The maximum absolute atomic E-state index is 11.5. The first-order chi connectivity index (χ1) is 12.1.